The standard InChI is InChI=1S/C23H23FN6O4S/c1-29-18-7-15(17(24)6-13(18)8-27-29)14-4-5-19(35-3)23-16(14)9-28-30(23)12-21(32)25-10-20(31)26-11-22(33)34-2/h4-9H,10-12H2,1-3H3,(H,25,32)(H,26,31). The lowest BCUT2D eigenvalue weighted by molar-refractivity contribution is -0.141. The van der Waals surface area contributed by atoms with E-state index in [1.165, 1.54) is 29.6 Å². The molecule has 0 atom stereocenters. The molecule has 2 N–H and O–H groups in total. The molecule has 0 saturated carbocycles. The monoisotopic (exact) mass is 498 g/mol. The third-order valence-electron chi connectivity index (χ3n) is 5.51. The third-order valence-corrected chi connectivity index (χ3v) is 6.28. The molecule has 2 amide bonds. The molecule has 0 aliphatic carbocycles. The van der Waals surface area contributed by atoms with E-state index in [2.05, 4.69) is 25.6 Å². The number of esters is 1. The topological polar surface area (TPSA) is 120 Å². The summed E-state index contributed by atoms with van der Waals surface area (Å²) >= 11 is 1.48. The van der Waals surface area contributed by atoms with E-state index in [1.807, 2.05) is 18.4 Å². The Kier molecular flexibility index (Phi) is 7.01. The Morgan fingerprint density at radius 1 is 1.06 bits per heavy atom. The first kappa shape index (κ1) is 24.2. The fourth-order valence-electron chi connectivity index (χ4n) is 3.74. The van der Waals surface area contributed by atoms with E-state index in [0.717, 1.165) is 10.4 Å². The second kappa shape index (κ2) is 10.1. The fourth-order valence-corrected chi connectivity index (χ4v) is 4.36. The number of hydrogen-bond donors (Lipinski definition) is 2. The lowest BCUT2D eigenvalue weighted by atomic mass is 10.00. The van der Waals surface area contributed by atoms with Crippen molar-refractivity contribution in [3.63, 3.8) is 0 Å². The van der Waals surface area contributed by atoms with E-state index in [4.69, 9.17) is 0 Å². The maximum absolute atomic E-state index is 15.1. The minimum Gasteiger partial charge on any atom is -0.468 e. The Morgan fingerprint density at radius 2 is 1.83 bits per heavy atom. The van der Waals surface area contributed by atoms with Crippen molar-refractivity contribution in [1.29, 1.82) is 0 Å². The SMILES string of the molecule is COC(=O)CNC(=O)CNC(=O)Cn1ncc2c(-c3cc4c(cnn4C)cc3F)ccc(SC)c21. The number of nitrogens with zero attached hydrogens (tertiary/aromatic N) is 4. The van der Waals surface area contributed by atoms with Crippen LogP contribution in [0.5, 0.6) is 0 Å². The lowest BCUT2D eigenvalue weighted by Gasteiger charge is -2.11. The average Bonchev–Trinajstić information content (AvgIpc) is 3.43. The molecule has 2 aromatic carbocycles. The molecule has 0 bridgehead atoms. The summed E-state index contributed by atoms with van der Waals surface area (Å²) in [4.78, 5) is 36.3. The summed E-state index contributed by atoms with van der Waals surface area (Å²) in [7, 11) is 3.01. The van der Waals surface area contributed by atoms with Crippen LogP contribution in [-0.2, 0) is 32.7 Å². The zero-order chi connectivity index (χ0) is 25.1. The van der Waals surface area contributed by atoms with Crippen molar-refractivity contribution in [2.45, 2.75) is 11.4 Å². The van der Waals surface area contributed by atoms with Crippen molar-refractivity contribution in [3.8, 4) is 11.1 Å². The van der Waals surface area contributed by atoms with Crippen LogP contribution >= 0.6 is 11.8 Å². The highest BCUT2D eigenvalue weighted by molar-refractivity contribution is 7.98. The average molecular weight is 499 g/mol. The summed E-state index contributed by atoms with van der Waals surface area (Å²) in [5, 5.41) is 14.8. The van der Waals surface area contributed by atoms with Crippen molar-refractivity contribution >= 4 is 51.4 Å². The quantitative estimate of drug-likeness (QED) is 0.281. The maximum Gasteiger partial charge on any atom is 0.325 e. The molecule has 0 aliphatic heterocycles. The molecule has 12 heteroatoms. The number of nitrogens with one attached hydrogen (secondary N) is 2. The van der Waals surface area contributed by atoms with E-state index in [1.54, 1.807) is 30.2 Å². The first-order valence-electron chi connectivity index (χ1n) is 10.6. The van der Waals surface area contributed by atoms with Gasteiger partial charge in [-0.1, -0.05) is 6.07 Å². The highest BCUT2D eigenvalue weighted by Crippen LogP contribution is 2.36. The van der Waals surface area contributed by atoms with E-state index >= 15 is 4.39 Å². The number of halogens is 1. The Morgan fingerprint density at radius 3 is 2.57 bits per heavy atom. The van der Waals surface area contributed by atoms with Gasteiger partial charge in [0.25, 0.3) is 0 Å². The number of carbonyl (C=O) groups is 3. The summed E-state index contributed by atoms with van der Waals surface area (Å²) in [6.45, 7) is -0.727. The number of amides is 2. The number of ether oxygens (including phenoxy) is 1. The zero-order valence-electron chi connectivity index (χ0n) is 19.3. The molecule has 10 nitrogen and oxygen atoms in total. The van der Waals surface area contributed by atoms with E-state index < -0.39 is 17.8 Å². The van der Waals surface area contributed by atoms with Crippen molar-refractivity contribution in [1.82, 2.24) is 30.2 Å². The minimum atomic E-state index is -0.591. The van der Waals surface area contributed by atoms with Gasteiger partial charge in [-0.2, -0.15) is 10.2 Å². The summed E-state index contributed by atoms with van der Waals surface area (Å²) in [5.41, 5.74) is 2.53. The van der Waals surface area contributed by atoms with Gasteiger partial charge in [0.15, 0.2) is 0 Å². The number of fused-ring (bicyclic) bond motifs is 2. The maximum atomic E-state index is 15.1. The Bertz CT molecular complexity index is 1450. The number of hydrogen-bond acceptors (Lipinski definition) is 7. The van der Waals surface area contributed by atoms with E-state index in [-0.39, 0.29) is 25.5 Å². The third kappa shape index (κ3) is 4.97. The smallest absolute Gasteiger partial charge is 0.325 e. The fraction of sp³-hybridized carbons (Fsp3) is 0.261. The predicted molar refractivity (Wildman–Crippen MR) is 129 cm³/mol. The van der Waals surface area contributed by atoms with Crippen LogP contribution in [-0.4, -0.2) is 63.8 Å². The number of carbonyl (C=O) groups excluding carboxylic acids is 3. The molecule has 35 heavy (non-hydrogen) atoms. The highest BCUT2D eigenvalue weighted by atomic mass is 32.2. The van der Waals surface area contributed by atoms with Gasteiger partial charge >= 0.3 is 5.97 Å². The molecule has 0 fully saturated rings. The Labute approximate surface area is 203 Å². The van der Waals surface area contributed by atoms with Crippen molar-refractivity contribution in [2.75, 3.05) is 26.5 Å². The largest absolute Gasteiger partial charge is 0.468 e. The van der Waals surface area contributed by atoms with Crippen LogP contribution in [0.25, 0.3) is 32.9 Å². The van der Waals surface area contributed by atoms with Crippen molar-refractivity contribution < 1.29 is 23.5 Å². The van der Waals surface area contributed by atoms with Gasteiger partial charge in [-0.3, -0.25) is 23.7 Å². The highest BCUT2D eigenvalue weighted by Gasteiger charge is 2.18. The molecular formula is C23H23FN6O4S. The summed E-state index contributed by atoms with van der Waals surface area (Å²) in [6, 6.07) is 6.91. The van der Waals surface area contributed by atoms with Gasteiger partial charge in [0, 0.05) is 28.3 Å². The molecule has 0 aliphatic rings. The number of aromatic nitrogens is 4. The van der Waals surface area contributed by atoms with E-state index in [9.17, 15) is 14.4 Å². The first-order chi connectivity index (χ1) is 16.8. The van der Waals surface area contributed by atoms with Crippen LogP contribution < -0.4 is 10.6 Å². The number of methoxy groups -OCH3 is 1. The van der Waals surface area contributed by atoms with Crippen LogP contribution in [0.4, 0.5) is 4.39 Å². The Balaban J connectivity index is 1.60. The van der Waals surface area contributed by atoms with Crippen LogP contribution in [0.3, 0.4) is 0 Å². The summed E-state index contributed by atoms with van der Waals surface area (Å²) in [6.07, 6.45) is 5.12. The van der Waals surface area contributed by atoms with Crippen molar-refractivity contribution in [2.24, 2.45) is 7.05 Å². The van der Waals surface area contributed by atoms with Gasteiger partial charge in [-0.05, 0) is 30.0 Å². The molecule has 182 valence electrons. The molecule has 4 rings (SSSR count). The molecule has 2 aromatic heterocycles. The van der Waals surface area contributed by atoms with Gasteiger partial charge in [0.05, 0.1) is 37.1 Å². The Hall–Kier alpha value is -3.93. The molecule has 0 radical (unpaired) electrons. The number of rotatable bonds is 8. The molecular weight excluding hydrogens is 475 g/mol. The van der Waals surface area contributed by atoms with E-state index in [0.29, 0.717) is 27.4 Å². The normalized spacial score (nSPS) is 11.1. The van der Waals surface area contributed by atoms with Crippen LogP contribution in [0.15, 0.2) is 41.6 Å². The van der Waals surface area contributed by atoms with Gasteiger partial charge in [-0.15, -0.1) is 11.8 Å². The predicted octanol–water partition coefficient (Wildman–Crippen LogP) is 1.86. The minimum absolute atomic E-state index is 0.145. The first-order valence-corrected chi connectivity index (χ1v) is 11.8. The van der Waals surface area contributed by atoms with Crippen LogP contribution in [0, 0.1) is 5.82 Å². The van der Waals surface area contributed by atoms with Crippen molar-refractivity contribution in [3.05, 3.63) is 42.5 Å². The summed E-state index contributed by atoms with van der Waals surface area (Å²) < 4.78 is 22.7. The number of benzene rings is 2. The van der Waals surface area contributed by atoms with Crippen LogP contribution in [0.1, 0.15) is 0 Å². The molecule has 4 aromatic rings. The molecule has 2 heterocycles. The molecule has 0 spiro atoms. The zero-order valence-corrected chi connectivity index (χ0v) is 20.1. The second-order valence-corrected chi connectivity index (χ2v) is 8.52. The lowest BCUT2D eigenvalue weighted by Crippen LogP contribution is -2.40. The number of thioether (sulfide) groups is 1. The van der Waals surface area contributed by atoms with Gasteiger partial charge in [-0.25, -0.2) is 4.39 Å². The van der Waals surface area contributed by atoms with Gasteiger partial charge in [0.1, 0.15) is 18.9 Å². The summed E-state index contributed by atoms with van der Waals surface area (Å²) in [5.74, 6) is -1.94. The number of aryl methyl sites for hydroxylation is 1. The van der Waals surface area contributed by atoms with Gasteiger partial charge < -0.3 is 15.4 Å². The van der Waals surface area contributed by atoms with Crippen LogP contribution in [0.2, 0.25) is 0 Å². The second-order valence-electron chi connectivity index (χ2n) is 7.67. The molecule has 0 saturated heterocycles. The molecule has 0 unspecified atom stereocenters. The van der Waals surface area contributed by atoms with Gasteiger partial charge in [0.2, 0.25) is 11.8 Å².